The van der Waals surface area contributed by atoms with Gasteiger partial charge in [-0.15, -0.1) is 24.0 Å². The van der Waals surface area contributed by atoms with Crippen molar-refractivity contribution in [3.63, 3.8) is 0 Å². The van der Waals surface area contributed by atoms with Gasteiger partial charge in [-0.05, 0) is 36.8 Å². The Hall–Kier alpha value is -2.43. The summed E-state index contributed by atoms with van der Waals surface area (Å²) in [5, 5.41) is 10.3. The second-order valence-electron chi connectivity index (χ2n) is 6.05. The lowest BCUT2D eigenvalue weighted by Gasteiger charge is -2.22. The Morgan fingerprint density at radius 3 is 2.75 bits per heavy atom. The van der Waals surface area contributed by atoms with E-state index < -0.39 is 0 Å². The van der Waals surface area contributed by atoms with Crippen molar-refractivity contribution in [1.82, 2.24) is 25.4 Å². The monoisotopic (exact) mass is 498 g/mol. The average molecular weight is 498 g/mol. The van der Waals surface area contributed by atoms with Gasteiger partial charge in [0.25, 0.3) is 0 Å². The van der Waals surface area contributed by atoms with Crippen LogP contribution in [0.1, 0.15) is 18.3 Å². The van der Waals surface area contributed by atoms with Gasteiger partial charge in [-0.2, -0.15) is 5.10 Å². The number of H-pyrrole nitrogens is 1. The third-order valence-electron chi connectivity index (χ3n) is 3.91. The van der Waals surface area contributed by atoms with Crippen molar-refractivity contribution in [3.8, 4) is 11.6 Å². The van der Waals surface area contributed by atoms with Gasteiger partial charge in [0.2, 0.25) is 5.82 Å². The summed E-state index contributed by atoms with van der Waals surface area (Å²) >= 11 is 0. The number of rotatable bonds is 7. The van der Waals surface area contributed by atoms with Gasteiger partial charge in [-0.1, -0.05) is 12.1 Å². The molecule has 2 N–H and O–H groups in total. The van der Waals surface area contributed by atoms with Crippen LogP contribution in [-0.4, -0.2) is 46.2 Å². The topological polar surface area (TPSA) is 82.3 Å². The number of guanidine groups is 1. The number of benzene rings is 1. The zero-order valence-electron chi connectivity index (χ0n) is 15.9. The van der Waals surface area contributed by atoms with Gasteiger partial charge < -0.3 is 14.6 Å². The smallest absolute Gasteiger partial charge is 0.216 e. The number of aromatic nitrogens is 3. The lowest BCUT2D eigenvalue weighted by Crippen LogP contribution is -2.38. The summed E-state index contributed by atoms with van der Waals surface area (Å²) in [7, 11) is 1.95. The summed E-state index contributed by atoms with van der Waals surface area (Å²) in [5.74, 6) is 2.48. The predicted molar refractivity (Wildman–Crippen MR) is 117 cm³/mol. The fraction of sp³-hybridized carbons (Fsp3) is 0.316. The van der Waals surface area contributed by atoms with Gasteiger partial charge in [-0.25, -0.2) is 9.37 Å². The molecule has 9 heteroatoms. The molecular formula is C19H24FIN6O. The predicted octanol–water partition coefficient (Wildman–Crippen LogP) is 3.46. The van der Waals surface area contributed by atoms with E-state index in [0.717, 1.165) is 23.9 Å². The molecule has 0 spiro atoms. The molecule has 0 saturated carbocycles. The maximum Gasteiger partial charge on any atom is 0.216 e. The second kappa shape index (κ2) is 10.8. The van der Waals surface area contributed by atoms with E-state index in [-0.39, 0.29) is 29.8 Å². The summed E-state index contributed by atoms with van der Waals surface area (Å²) in [6.07, 6.45) is 2.22. The molecule has 0 aliphatic carbocycles. The van der Waals surface area contributed by atoms with Crippen LogP contribution in [0.15, 0.2) is 52.1 Å². The summed E-state index contributed by atoms with van der Waals surface area (Å²) in [6, 6.07) is 10.1. The van der Waals surface area contributed by atoms with Crippen molar-refractivity contribution >= 4 is 29.9 Å². The molecule has 28 heavy (non-hydrogen) atoms. The van der Waals surface area contributed by atoms with Crippen LogP contribution in [-0.2, 0) is 13.0 Å². The quantitative estimate of drug-likeness (QED) is 0.296. The maximum atomic E-state index is 13.1. The first kappa shape index (κ1) is 21.9. The SMILES string of the molecule is CCNC(=NCCc1nc(-c2ccco2)n[nH]1)N(C)Cc1ccc(F)cc1.I. The number of hydrogen-bond acceptors (Lipinski definition) is 4. The van der Waals surface area contributed by atoms with Gasteiger partial charge in [0, 0.05) is 33.1 Å². The minimum absolute atomic E-state index is 0. The number of furan rings is 1. The lowest BCUT2D eigenvalue weighted by atomic mass is 10.2. The van der Waals surface area contributed by atoms with Crippen LogP contribution < -0.4 is 5.32 Å². The van der Waals surface area contributed by atoms with Gasteiger partial charge in [0.1, 0.15) is 11.6 Å². The number of halogens is 2. The third kappa shape index (κ3) is 6.04. The standard InChI is InChI=1S/C19H23FN6O.HI/c1-3-21-19(26(2)13-14-6-8-15(20)9-7-14)22-11-10-17-23-18(25-24-17)16-5-4-12-27-16;/h4-9,12H,3,10-11,13H2,1-2H3,(H,21,22)(H,23,24,25);1H. The fourth-order valence-corrected chi connectivity index (χ4v) is 2.60. The minimum atomic E-state index is -0.233. The fourth-order valence-electron chi connectivity index (χ4n) is 2.60. The Kier molecular flexibility index (Phi) is 8.42. The van der Waals surface area contributed by atoms with Crippen LogP contribution in [0.25, 0.3) is 11.6 Å². The molecule has 0 unspecified atom stereocenters. The Labute approximate surface area is 180 Å². The Morgan fingerprint density at radius 2 is 2.07 bits per heavy atom. The molecule has 3 rings (SSSR count). The van der Waals surface area contributed by atoms with Crippen LogP contribution in [0.3, 0.4) is 0 Å². The molecule has 3 aromatic rings. The van der Waals surface area contributed by atoms with Crippen molar-refractivity contribution in [2.45, 2.75) is 19.9 Å². The number of nitrogens with one attached hydrogen (secondary N) is 2. The van der Waals surface area contributed by atoms with E-state index in [4.69, 9.17) is 4.42 Å². The molecule has 0 atom stereocenters. The highest BCUT2D eigenvalue weighted by molar-refractivity contribution is 14.0. The Bertz CT molecular complexity index is 863. The molecule has 7 nitrogen and oxygen atoms in total. The van der Waals surface area contributed by atoms with Crippen LogP contribution in [0.4, 0.5) is 4.39 Å². The molecule has 2 aromatic heterocycles. The van der Waals surface area contributed by atoms with E-state index >= 15 is 0 Å². The van der Waals surface area contributed by atoms with Crippen LogP contribution in [0.5, 0.6) is 0 Å². The van der Waals surface area contributed by atoms with Crippen LogP contribution >= 0.6 is 24.0 Å². The van der Waals surface area contributed by atoms with Crippen LogP contribution in [0, 0.1) is 5.82 Å². The highest BCUT2D eigenvalue weighted by Gasteiger charge is 2.09. The van der Waals surface area contributed by atoms with E-state index in [1.54, 1.807) is 24.5 Å². The number of nitrogens with zero attached hydrogens (tertiary/aromatic N) is 4. The molecule has 0 bridgehead atoms. The highest BCUT2D eigenvalue weighted by Crippen LogP contribution is 2.14. The number of hydrogen-bond donors (Lipinski definition) is 2. The van der Waals surface area contributed by atoms with E-state index in [2.05, 4.69) is 25.5 Å². The van der Waals surface area contributed by atoms with E-state index in [1.165, 1.54) is 12.1 Å². The molecule has 0 amide bonds. The summed E-state index contributed by atoms with van der Waals surface area (Å²) in [4.78, 5) is 11.1. The van der Waals surface area contributed by atoms with Crippen molar-refractivity contribution in [1.29, 1.82) is 0 Å². The first-order valence-corrected chi connectivity index (χ1v) is 8.84. The van der Waals surface area contributed by atoms with Gasteiger partial charge in [0.15, 0.2) is 11.7 Å². The molecule has 0 radical (unpaired) electrons. The average Bonchev–Trinajstić information content (AvgIpc) is 3.34. The molecule has 1 aromatic carbocycles. The maximum absolute atomic E-state index is 13.1. The molecular weight excluding hydrogens is 474 g/mol. The molecule has 150 valence electrons. The zero-order chi connectivity index (χ0) is 19.1. The highest BCUT2D eigenvalue weighted by atomic mass is 127. The van der Waals surface area contributed by atoms with Crippen molar-refractivity contribution in [2.24, 2.45) is 4.99 Å². The number of aromatic amines is 1. The first-order valence-electron chi connectivity index (χ1n) is 8.84. The van der Waals surface area contributed by atoms with E-state index in [9.17, 15) is 4.39 Å². The lowest BCUT2D eigenvalue weighted by molar-refractivity contribution is 0.476. The summed E-state index contributed by atoms with van der Waals surface area (Å²) in [5.41, 5.74) is 1.02. The molecule has 0 aliphatic rings. The minimum Gasteiger partial charge on any atom is -0.461 e. The van der Waals surface area contributed by atoms with Crippen molar-refractivity contribution in [2.75, 3.05) is 20.1 Å². The Morgan fingerprint density at radius 1 is 1.29 bits per heavy atom. The normalized spacial score (nSPS) is 11.2. The van der Waals surface area contributed by atoms with E-state index in [1.807, 2.05) is 24.9 Å². The van der Waals surface area contributed by atoms with Gasteiger partial charge in [0.05, 0.1) is 6.26 Å². The van der Waals surface area contributed by atoms with Crippen molar-refractivity contribution in [3.05, 3.63) is 59.9 Å². The number of aliphatic imine (C=N–C) groups is 1. The first-order chi connectivity index (χ1) is 13.2. The van der Waals surface area contributed by atoms with Crippen molar-refractivity contribution < 1.29 is 8.81 Å². The summed E-state index contributed by atoms with van der Waals surface area (Å²) < 4.78 is 18.3. The molecule has 0 saturated heterocycles. The second-order valence-corrected chi connectivity index (χ2v) is 6.05. The Balaban J connectivity index is 0.00000280. The summed E-state index contributed by atoms with van der Waals surface area (Å²) in [6.45, 7) is 3.98. The zero-order valence-corrected chi connectivity index (χ0v) is 18.2. The van der Waals surface area contributed by atoms with Crippen LogP contribution in [0.2, 0.25) is 0 Å². The molecule has 2 heterocycles. The molecule has 0 aliphatic heterocycles. The molecule has 0 fully saturated rings. The third-order valence-corrected chi connectivity index (χ3v) is 3.91. The largest absolute Gasteiger partial charge is 0.461 e. The van der Waals surface area contributed by atoms with E-state index in [0.29, 0.717) is 31.1 Å². The van der Waals surface area contributed by atoms with Gasteiger partial charge in [-0.3, -0.25) is 10.1 Å². The van der Waals surface area contributed by atoms with Gasteiger partial charge >= 0.3 is 0 Å².